The lowest BCUT2D eigenvalue weighted by molar-refractivity contribution is -0.161. The van der Waals surface area contributed by atoms with Crippen LogP contribution in [-0.4, -0.2) is 40.3 Å². The summed E-state index contributed by atoms with van der Waals surface area (Å²) in [6, 6.07) is 13.8. The van der Waals surface area contributed by atoms with Crippen molar-refractivity contribution in [3.8, 4) is 23.3 Å². The minimum absolute atomic E-state index is 0.00651. The predicted molar refractivity (Wildman–Crippen MR) is 152 cm³/mol. The minimum atomic E-state index is -4.88. The van der Waals surface area contributed by atoms with E-state index in [1.807, 2.05) is 0 Å². The van der Waals surface area contributed by atoms with Crippen molar-refractivity contribution in [2.24, 2.45) is 0 Å². The highest BCUT2D eigenvalue weighted by atomic mass is 32.2. The van der Waals surface area contributed by atoms with Crippen LogP contribution in [0.3, 0.4) is 0 Å². The molecule has 226 valence electrons. The summed E-state index contributed by atoms with van der Waals surface area (Å²) >= 11 is 0. The van der Waals surface area contributed by atoms with Crippen molar-refractivity contribution in [2.75, 3.05) is 6.26 Å². The van der Waals surface area contributed by atoms with Crippen molar-refractivity contribution in [2.45, 2.75) is 61.6 Å². The second-order valence-corrected chi connectivity index (χ2v) is 11.9. The van der Waals surface area contributed by atoms with E-state index < -0.39 is 58.9 Å². The molecule has 0 saturated carbocycles. The zero-order valence-corrected chi connectivity index (χ0v) is 24.3. The summed E-state index contributed by atoms with van der Waals surface area (Å²) in [4.78, 5) is 13.8. The van der Waals surface area contributed by atoms with Crippen molar-refractivity contribution in [3.05, 3.63) is 89.2 Å². The van der Waals surface area contributed by atoms with Gasteiger partial charge in [-0.1, -0.05) is 42.5 Å². The van der Waals surface area contributed by atoms with Crippen molar-refractivity contribution in [1.29, 1.82) is 10.5 Å². The van der Waals surface area contributed by atoms with Crippen LogP contribution in [0, 0.1) is 28.5 Å². The maximum atomic E-state index is 14.7. The van der Waals surface area contributed by atoms with Crippen LogP contribution >= 0.6 is 0 Å². The Labute approximate surface area is 249 Å². The molecule has 0 aliphatic rings. The Kier molecular flexibility index (Phi) is 10.8. The highest BCUT2D eigenvalue weighted by molar-refractivity contribution is 7.84. The van der Waals surface area contributed by atoms with Crippen LogP contribution in [0.1, 0.15) is 43.0 Å². The van der Waals surface area contributed by atoms with Crippen molar-refractivity contribution < 1.29 is 31.0 Å². The predicted octanol–water partition coefficient (Wildman–Crippen LogP) is 6.05. The molecule has 2 N–H and O–H groups in total. The highest BCUT2D eigenvalue weighted by Gasteiger charge is 2.44. The molecule has 4 atom stereocenters. The van der Waals surface area contributed by atoms with Gasteiger partial charge in [-0.25, -0.2) is 8.78 Å². The number of amides is 1. The fraction of sp³-hybridized carbons (Fsp3) is 0.323. The van der Waals surface area contributed by atoms with Crippen LogP contribution in [0.25, 0.3) is 11.1 Å². The lowest BCUT2D eigenvalue weighted by Crippen LogP contribution is -2.53. The Bertz CT molecular complexity index is 1540. The molecule has 1 unspecified atom stereocenters. The summed E-state index contributed by atoms with van der Waals surface area (Å²) < 4.78 is 83.6. The molecule has 3 rings (SSSR count). The van der Waals surface area contributed by atoms with Crippen LogP contribution in [0.5, 0.6) is 0 Å². The lowest BCUT2D eigenvalue weighted by Gasteiger charge is -2.30. The first-order chi connectivity index (χ1) is 20.1. The Morgan fingerprint density at radius 1 is 0.953 bits per heavy atom. The standard InChI is InChI=1S/C31H29F5N4O2S/c1-30(2,33)16-27(29(41)39-24(18-38)15-23-5-4-19(17-37)14-26(23)32)40-28(31(34,35)36)22-8-6-20(7-9-22)21-10-12-25(13-11-21)43(3)42/h4-14,24,27-28,40H,15-16H2,1-3H3,(H,39,41)/t24?,27-,28-,43-/m0/s1. The molecule has 0 aliphatic carbocycles. The van der Waals surface area contributed by atoms with E-state index in [9.17, 15) is 36.2 Å². The van der Waals surface area contributed by atoms with Crippen molar-refractivity contribution in [3.63, 3.8) is 0 Å². The van der Waals surface area contributed by atoms with Gasteiger partial charge in [0.2, 0.25) is 5.91 Å². The maximum absolute atomic E-state index is 14.7. The number of hydrogen-bond donors (Lipinski definition) is 2. The van der Waals surface area contributed by atoms with Gasteiger partial charge in [-0.15, -0.1) is 0 Å². The third-order valence-corrected chi connectivity index (χ3v) is 7.48. The van der Waals surface area contributed by atoms with Crippen LogP contribution in [-0.2, 0) is 22.0 Å². The monoisotopic (exact) mass is 616 g/mol. The number of alkyl halides is 4. The number of carbonyl (C=O) groups is 1. The molecule has 6 nitrogen and oxygen atoms in total. The third-order valence-electron chi connectivity index (χ3n) is 6.54. The number of carbonyl (C=O) groups excluding carboxylic acids is 1. The van der Waals surface area contributed by atoms with Crippen LogP contribution < -0.4 is 10.6 Å². The van der Waals surface area contributed by atoms with Gasteiger partial charge in [-0.05, 0) is 60.4 Å². The van der Waals surface area contributed by atoms with Gasteiger partial charge in [-0.2, -0.15) is 23.7 Å². The number of benzene rings is 3. The molecule has 12 heteroatoms. The van der Waals surface area contributed by atoms with Gasteiger partial charge >= 0.3 is 6.18 Å². The first-order valence-corrected chi connectivity index (χ1v) is 14.6. The van der Waals surface area contributed by atoms with Crippen molar-refractivity contribution in [1.82, 2.24) is 10.6 Å². The quantitative estimate of drug-likeness (QED) is 0.255. The van der Waals surface area contributed by atoms with Crippen molar-refractivity contribution >= 4 is 16.7 Å². The topological polar surface area (TPSA) is 106 Å². The molecule has 0 spiro atoms. The largest absolute Gasteiger partial charge is 0.407 e. The second kappa shape index (κ2) is 13.9. The first-order valence-electron chi connectivity index (χ1n) is 13.1. The molecule has 43 heavy (non-hydrogen) atoms. The molecule has 0 saturated heterocycles. The number of nitrogens with one attached hydrogen (secondary N) is 2. The van der Waals surface area contributed by atoms with E-state index in [1.54, 1.807) is 36.4 Å². The number of nitriles is 2. The van der Waals surface area contributed by atoms with E-state index in [0.29, 0.717) is 16.0 Å². The summed E-state index contributed by atoms with van der Waals surface area (Å²) in [6.45, 7) is 2.22. The van der Waals surface area contributed by atoms with Crippen LogP contribution in [0.2, 0.25) is 0 Å². The van der Waals surface area contributed by atoms with Gasteiger partial charge in [0.05, 0.1) is 23.7 Å². The van der Waals surface area contributed by atoms with Gasteiger partial charge in [0.15, 0.2) is 0 Å². The molecule has 3 aromatic rings. The SMILES string of the molecule is C[S@](=O)c1ccc(-c2ccc([C@H](N[C@@H](CC(C)(C)F)C(=O)NC(C#N)Cc3ccc(C#N)cc3F)C(F)(F)F)cc2)cc1. The molecule has 0 radical (unpaired) electrons. The highest BCUT2D eigenvalue weighted by Crippen LogP contribution is 2.35. The van der Waals surface area contributed by atoms with Crippen LogP contribution in [0.15, 0.2) is 71.6 Å². The Hall–Kier alpha value is -4.13. The van der Waals surface area contributed by atoms with Gasteiger partial charge in [0.1, 0.15) is 23.6 Å². The summed E-state index contributed by atoms with van der Waals surface area (Å²) in [5.41, 5.74) is -0.948. The average Bonchev–Trinajstić information content (AvgIpc) is 2.94. The lowest BCUT2D eigenvalue weighted by atomic mass is 9.96. The molecule has 0 aliphatic heterocycles. The molecular weight excluding hydrogens is 587 g/mol. The summed E-state index contributed by atoms with van der Waals surface area (Å²) in [5, 5.41) is 23.0. The molecule has 0 heterocycles. The Balaban J connectivity index is 1.85. The number of halogens is 5. The molecule has 3 aromatic carbocycles. The van der Waals surface area contributed by atoms with E-state index >= 15 is 0 Å². The number of rotatable bonds is 11. The van der Waals surface area contributed by atoms with E-state index in [0.717, 1.165) is 19.9 Å². The minimum Gasteiger partial charge on any atom is -0.339 e. The van der Waals surface area contributed by atoms with Gasteiger partial charge in [0.25, 0.3) is 0 Å². The maximum Gasteiger partial charge on any atom is 0.407 e. The zero-order valence-electron chi connectivity index (χ0n) is 23.5. The Morgan fingerprint density at radius 2 is 1.53 bits per heavy atom. The average molecular weight is 617 g/mol. The van der Waals surface area contributed by atoms with Gasteiger partial charge in [-0.3, -0.25) is 14.3 Å². The van der Waals surface area contributed by atoms with E-state index in [1.165, 1.54) is 42.7 Å². The Morgan fingerprint density at radius 3 is 2.00 bits per heavy atom. The summed E-state index contributed by atoms with van der Waals surface area (Å²) in [6.07, 6.45) is -4.34. The number of hydrogen-bond acceptors (Lipinski definition) is 5. The first kappa shape index (κ1) is 33.4. The summed E-state index contributed by atoms with van der Waals surface area (Å²) in [5.74, 6) is -1.85. The fourth-order valence-electron chi connectivity index (χ4n) is 4.40. The fourth-order valence-corrected chi connectivity index (χ4v) is 4.92. The summed E-state index contributed by atoms with van der Waals surface area (Å²) in [7, 11) is -1.19. The van der Waals surface area contributed by atoms with E-state index in [-0.39, 0.29) is 23.1 Å². The normalized spacial score (nSPS) is 14.6. The molecular formula is C31H29F5N4O2S. The van der Waals surface area contributed by atoms with Gasteiger partial charge in [0, 0.05) is 34.8 Å². The number of nitrogens with zero attached hydrogens (tertiary/aromatic N) is 2. The molecule has 0 fully saturated rings. The van der Waals surface area contributed by atoms with E-state index in [2.05, 4.69) is 10.6 Å². The zero-order chi connectivity index (χ0) is 31.9. The second-order valence-electron chi connectivity index (χ2n) is 10.5. The molecule has 0 aromatic heterocycles. The third kappa shape index (κ3) is 9.43. The molecule has 0 bridgehead atoms. The van der Waals surface area contributed by atoms with E-state index in [4.69, 9.17) is 5.26 Å². The molecule has 1 amide bonds. The smallest absolute Gasteiger partial charge is 0.339 e. The van der Waals surface area contributed by atoms with Gasteiger partial charge < -0.3 is 5.32 Å². The van der Waals surface area contributed by atoms with Crippen LogP contribution in [0.4, 0.5) is 22.0 Å².